The summed E-state index contributed by atoms with van der Waals surface area (Å²) in [4.78, 5) is 1.81. The molecule has 0 amide bonds. The van der Waals surface area contributed by atoms with Crippen molar-refractivity contribution in [3.63, 3.8) is 0 Å². The molecular formula is C12H14ClF3N2. The number of hydrogen-bond donors (Lipinski definition) is 1. The highest BCUT2D eigenvalue weighted by atomic mass is 35.5. The van der Waals surface area contributed by atoms with Gasteiger partial charge in [-0.2, -0.15) is 0 Å². The van der Waals surface area contributed by atoms with Crippen LogP contribution in [0.5, 0.6) is 0 Å². The van der Waals surface area contributed by atoms with Crippen molar-refractivity contribution in [2.75, 3.05) is 20.1 Å². The molecule has 0 aliphatic carbocycles. The van der Waals surface area contributed by atoms with E-state index in [1.165, 1.54) is 0 Å². The first-order valence-corrected chi connectivity index (χ1v) is 6.06. The molecule has 1 aliphatic rings. The first-order chi connectivity index (χ1) is 8.45. The van der Waals surface area contributed by atoms with E-state index in [2.05, 4.69) is 0 Å². The van der Waals surface area contributed by atoms with Gasteiger partial charge in [-0.15, -0.1) is 0 Å². The molecule has 1 heterocycles. The van der Waals surface area contributed by atoms with Gasteiger partial charge < -0.3 is 5.73 Å². The minimum absolute atomic E-state index is 0.167. The zero-order valence-electron chi connectivity index (χ0n) is 9.89. The number of rotatable bonds is 2. The normalized spacial score (nSPS) is 24.8. The van der Waals surface area contributed by atoms with Crippen LogP contribution in [0.1, 0.15) is 18.0 Å². The van der Waals surface area contributed by atoms with Gasteiger partial charge in [0.15, 0.2) is 5.82 Å². The monoisotopic (exact) mass is 278 g/mol. The smallest absolute Gasteiger partial charge is 0.152 e. The summed E-state index contributed by atoms with van der Waals surface area (Å²) >= 11 is 5.49. The molecule has 0 spiro atoms. The highest BCUT2D eigenvalue weighted by Crippen LogP contribution is 2.38. The average molecular weight is 279 g/mol. The zero-order chi connectivity index (χ0) is 13.4. The zero-order valence-corrected chi connectivity index (χ0v) is 10.6. The predicted octanol–water partition coefficient (Wildman–Crippen LogP) is 2.71. The number of likely N-dealkylation sites (tertiary alicyclic amines) is 1. The molecule has 0 aromatic heterocycles. The third kappa shape index (κ3) is 2.22. The van der Waals surface area contributed by atoms with E-state index in [9.17, 15) is 13.2 Å². The van der Waals surface area contributed by atoms with Crippen molar-refractivity contribution in [1.29, 1.82) is 0 Å². The molecule has 1 aromatic rings. The number of hydrogen-bond acceptors (Lipinski definition) is 2. The fourth-order valence-electron chi connectivity index (χ4n) is 2.50. The van der Waals surface area contributed by atoms with E-state index in [0.29, 0.717) is 25.6 Å². The minimum Gasteiger partial charge on any atom is -0.330 e. The summed E-state index contributed by atoms with van der Waals surface area (Å²) in [6.07, 6.45) is 0.544. The van der Waals surface area contributed by atoms with Crippen LogP contribution in [0, 0.1) is 23.4 Å². The van der Waals surface area contributed by atoms with E-state index in [-0.39, 0.29) is 11.5 Å². The van der Waals surface area contributed by atoms with Crippen LogP contribution >= 0.6 is 11.6 Å². The van der Waals surface area contributed by atoms with Crippen LogP contribution < -0.4 is 5.73 Å². The molecule has 0 radical (unpaired) electrons. The van der Waals surface area contributed by atoms with Crippen molar-refractivity contribution in [3.05, 3.63) is 34.1 Å². The Bertz CT molecular complexity index is 467. The maximum Gasteiger partial charge on any atom is 0.152 e. The highest BCUT2D eigenvalue weighted by molar-refractivity contribution is 6.31. The minimum atomic E-state index is -1.08. The number of benzene rings is 1. The first kappa shape index (κ1) is 13.6. The van der Waals surface area contributed by atoms with Crippen molar-refractivity contribution < 1.29 is 13.2 Å². The first-order valence-electron chi connectivity index (χ1n) is 5.68. The molecule has 100 valence electrons. The third-order valence-electron chi connectivity index (χ3n) is 3.45. The summed E-state index contributed by atoms with van der Waals surface area (Å²) < 4.78 is 40.8. The molecule has 1 saturated heterocycles. The molecule has 2 unspecified atom stereocenters. The molecular weight excluding hydrogens is 265 g/mol. The molecule has 2 N–H and O–H groups in total. The Labute approximate surface area is 109 Å². The SMILES string of the molecule is CN1CC(CN)CC1c1c(F)cc(F)c(Cl)c1F. The molecule has 18 heavy (non-hydrogen) atoms. The molecule has 6 heteroatoms. The molecule has 2 atom stereocenters. The Kier molecular flexibility index (Phi) is 3.84. The van der Waals surface area contributed by atoms with Crippen LogP contribution in [0.4, 0.5) is 13.2 Å². The van der Waals surface area contributed by atoms with Gasteiger partial charge in [0.25, 0.3) is 0 Å². The van der Waals surface area contributed by atoms with Crippen LogP contribution in [-0.2, 0) is 0 Å². The van der Waals surface area contributed by atoms with E-state index in [0.717, 1.165) is 0 Å². The summed E-state index contributed by atoms with van der Waals surface area (Å²) in [6, 6.07) is 0.182. The van der Waals surface area contributed by atoms with Crippen LogP contribution in [0.25, 0.3) is 0 Å². The Morgan fingerprint density at radius 1 is 1.39 bits per heavy atom. The van der Waals surface area contributed by atoms with E-state index in [1.54, 1.807) is 7.05 Å². The van der Waals surface area contributed by atoms with Crippen molar-refractivity contribution in [1.82, 2.24) is 4.90 Å². The lowest BCUT2D eigenvalue weighted by atomic mass is 9.99. The second-order valence-electron chi connectivity index (χ2n) is 4.67. The molecule has 0 saturated carbocycles. The maximum absolute atomic E-state index is 13.9. The lowest BCUT2D eigenvalue weighted by Gasteiger charge is -2.21. The van der Waals surface area contributed by atoms with Crippen LogP contribution in [0.15, 0.2) is 6.07 Å². The standard InChI is InChI=1S/C12H14ClF3N2/c1-18-5-6(4-17)2-9(18)10-7(14)3-8(15)11(13)12(10)16/h3,6,9H,2,4-5,17H2,1H3. The highest BCUT2D eigenvalue weighted by Gasteiger charge is 2.34. The molecule has 1 aliphatic heterocycles. The summed E-state index contributed by atoms with van der Waals surface area (Å²) in [7, 11) is 1.76. The van der Waals surface area contributed by atoms with Crippen molar-refractivity contribution in [2.24, 2.45) is 11.7 Å². The fraction of sp³-hybridized carbons (Fsp3) is 0.500. The fourth-order valence-corrected chi connectivity index (χ4v) is 2.66. The van der Waals surface area contributed by atoms with Crippen LogP contribution in [-0.4, -0.2) is 25.0 Å². The van der Waals surface area contributed by atoms with Gasteiger partial charge in [-0.25, -0.2) is 13.2 Å². The van der Waals surface area contributed by atoms with Crippen LogP contribution in [0.2, 0.25) is 5.02 Å². The summed E-state index contributed by atoms with van der Waals surface area (Å²) in [5.41, 5.74) is 5.40. The van der Waals surface area contributed by atoms with E-state index in [4.69, 9.17) is 17.3 Å². The third-order valence-corrected chi connectivity index (χ3v) is 3.80. The Morgan fingerprint density at radius 3 is 2.61 bits per heavy atom. The second kappa shape index (κ2) is 5.07. The van der Waals surface area contributed by atoms with Crippen LogP contribution in [0.3, 0.4) is 0 Å². The lowest BCUT2D eigenvalue weighted by molar-refractivity contribution is 0.298. The summed E-state index contributed by atoms with van der Waals surface area (Å²) in [5, 5.41) is -0.656. The van der Waals surface area contributed by atoms with Crippen molar-refractivity contribution >= 4 is 11.6 Å². The van der Waals surface area contributed by atoms with Gasteiger partial charge in [-0.05, 0) is 25.9 Å². The van der Waals surface area contributed by atoms with Gasteiger partial charge in [0.2, 0.25) is 0 Å². The second-order valence-corrected chi connectivity index (χ2v) is 5.05. The molecule has 2 rings (SSSR count). The van der Waals surface area contributed by atoms with Gasteiger partial charge in [0, 0.05) is 24.2 Å². The van der Waals surface area contributed by atoms with Gasteiger partial charge in [-0.3, -0.25) is 4.90 Å². The average Bonchev–Trinajstić information content (AvgIpc) is 2.68. The summed E-state index contributed by atoms with van der Waals surface area (Å²) in [6.45, 7) is 1.12. The van der Waals surface area contributed by atoms with E-state index in [1.807, 2.05) is 4.90 Å². The lowest BCUT2D eigenvalue weighted by Crippen LogP contribution is -2.22. The number of nitrogens with zero attached hydrogens (tertiary/aromatic N) is 1. The van der Waals surface area contributed by atoms with Gasteiger partial charge >= 0.3 is 0 Å². The summed E-state index contributed by atoms with van der Waals surface area (Å²) in [5.74, 6) is -2.80. The van der Waals surface area contributed by atoms with E-state index < -0.39 is 28.5 Å². The Balaban J connectivity index is 2.43. The van der Waals surface area contributed by atoms with Crippen molar-refractivity contribution in [2.45, 2.75) is 12.5 Å². The number of halogens is 4. The maximum atomic E-state index is 13.9. The van der Waals surface area contributed by atoms with E-state index >= 15 is 0 Å². The molecule has 0 bridgehead atoms. The molecule has 1 fully saturated rings. The quantitative estimate of drug-likeness (QED) is 0.666. The van der Waals surface area contributed by atoms with Crippen molar-refractivity contribution in [3.8, 4) is 0 Å². The Hall–Kier alpha value is -0.780. The molecule has 2 nitrogen and oxygen atoms in total. The van der Waals surface area contributed by atoms with Gasteiger partial charge in [0.05, 0.1) is 0 Å². The van der Waals surface area contributed by atoms with Gasteiger partial charge in [-0.1, -0.05) is 11.6 Å². The van der Waals surface area contributed by atoms with Gasteiger partial charge in [0.1, 0.15) is 16.7 Å². The largest absolute Gasteiger partial charge is 0.330 e. The topological polar surface area (TPSA) is 29.3 Å². The number of nitrogens with two attached hydrogens (primary N) is 1. The Morgan fingerprint density at radius 2 is 2.06 bits per heavy atom. The predicted molar refractivity (Wildman–Crippen MR) is 63.9 cm³/mol. The molecule has 1 aromatic carbocycles.